The van der Waals surface area contributed by atoms with Crippen molar-refractivity contribution in [1.82, 2.24) is 0 Å². The van der Waals surface area contributed by atoms with E-state index in [0.717, 1.165) is 0 Å². The molecule has 0 atom stereocenters. The fourth-order valence-electron chi connectivity index (χ4n) is 4.79. The van der Waals surface area contributed by atoms with Crippen molar-refractivity contribution in [1.29, 1.82) is 0 Å². The zero-order chi connectivity index (χ0) is 26.6. The van der Waals surface area contributed by atoms with Crippen LogP contribution in [-0.2, 0) is 39.0 Å². The fourth-order valence-corrected chi connectivity index (χ4v) is 4.79. The van der Waals surface area contributed by atoms with Gasteiger partial charge in [0.05, 0.1) is 0 Å². The number of rotatable bonds is 14. The number of hydrogen-bond donors (Lipinski definition) is 0. The van der Waals surface area contributed by atoms with Crippen LogP contribution in [0.1, 0.15) is 130 Å². The third-order valence-corrected chi connectivity index (χ3v) is 7.91. The minimum atomic E-state index is 0. The van der Waals surface area contributed by atoms with Crippen LogP contribution in [0.15, 0.2) is 48.5 Å². The third-order valence-electron chi connectivity index (χ3n) is 7.91. The van der Waals surface area contributed by atoms with Crippen LogP contribution in [0.5, 0.6) is 0 Å². The molecule has 3 aromatic carbocycles. The Labute approximate surface area is 275 Å². The standard InChI is InChI=1S/2C13H21.C10H15.2ClH.Zr/c2*1-2-3-4-5-6-7-10-13-11-8-9-12-13;1-6-7(2)9(4)10(5)8(6)3;;;/h2*8-9,11-12H,2-7,10H2,1H3;1-5H3;2*1H;/q3*-1;;;+2/p-2. The summed E-state index contributed by atoms with van der Waals surface area (Å²) in [6.07, 6.45) is 19.3. The summed E-state index contributed by atoms with van der Waals surface area (Å²) in [6.45, 7) is 15.5. The van der Waals surface area contributed by atoms with Gasteiger partial charge in [-0.15, -0.1) is 0 Å². The topological polar surface area (TPSA) is 0 Å². The molecule has 3 heteroatoms. The van der Waals surface area contributed by atoms with Gasteiger partial charge in [-0.3, -0.25) is 0 Å². The summed E-state index contributed by atoms with van der Waals surface area (Å²) in [4.78, 5) is 0. The Hall–Kier alpha value is -0.487. The summed E-state index contributed by atoms with van der Waals surface area (Å²) in [7, 11) is 0. The predicted octanol–water partition coefficient (Wildman–Crippen LogP) is 5.57. The molecule has 0 saturated heterocycles. The monoisotopic (exact) mass is 649 g/mol. The van der Waals surface area contributed by atoms with E-state index in [1.807, 2.05) is 0 Å². The Bertz CT molecular complexity index is 745. The van der Waals surface area contributed by atoms with Gasteiger partial charge < -0.3 is 24.8 Å². The third kappa shape index (κ3) is 19.3. The summed E-state index contributed by atoms with van der Waals surface area (Å²) in [6, 6.07) is 17.4. The van der Waals surface area contributed by atoms with Gasteiger partial charge in [0.25, 0.3) is 0 Å². The second-order valence-corrected chi connectivity index (χ2v) is 10.7. The van der Waals surface area contributed by atoms with Gasteiger partial charge in [0.15, 0.2) is 0 Å². The largest absolute Gasteiger partial charge is 2.00 e. The molecule has 0 fully saturated rings. The minimum absolute atomic E-state index is 0. The first-order valence-corrected chi connectivity index (χ1v) is 15.0. The second-order valence-electron chi connectivity index (χ2n) is 10.7. The normalized spacial score (nSPS) is 9.72. The zero-order valence-corrected chi connectivity index (χ0v) is 30.2. The van der Waals surface area contributed by atoms with Crippen molar-refractivity contribution >= 4 is 0 Å². The molecule has 0 spiro atoms. The molecular weight excluding hydrogens is 595 g/mol. The molecule has 0 aliphatic rings. The molecule has 0 bridgehead atoms. The van der Waals surface area contributed by atoms with Gasteiger partial charge in [-0.05, 0) is 0 Å². The Balaban J connectivity index is -0.000000484. The number of aryl methyl sites for hydroxylation is 2. The van der Waals surface area contributed by atoms with Crippen molar-refractivity contribution in [2.75, 3.05) is 0 Å². The number of hydrogen-bond acceptors (Lipinski definition) is 0. The molecular formula is C36H57Cl2Zr-3. The average molecular weight is 652 g/mol. The molecule has 3 aromatic rings. The van der Waals surface area contributed by atoms with Crippen molar-refractivity contribution in [2.45, 2.75) is 138 Å². The van der Waals surface area contributed by atoms with Crippen molar-refractivity contribution in [2.24, 2.45) is 0 Å². The Morgan fingerprint density at radius 1 is 0.487 bits per heavy atom. The van der Waals surface area contributed by atoms with Crippen LogP contribution in [0.4, 0.5) is 0 Å². The number of unbranched alkanes of at least 4 members (excludes halogenated alkanes) is 10. The van der Waals surface area contributed by atoms with Crippen LogP contribution in [0.3, 0.4) is 0 Å². The zero-order valence-electron chi connectivity index (χ0n) is 26.3. The van der Waals surface area contributed by atoms with Gasteiger partial charge in [-0.2, -0.15) is 63.2 Å². The molecule has 0 heterocycles. The summed E-state index contributed by atoms with van der Waals surface area (Å²) < 4.78 is 0. The van der Waals surface area contributed by atoms with Gasteiger partial charge in [-0.1, -0.05) is 138 Å². The van der Waals surface area contributed by atoms with E-state index in [4.69, 9.17) is 0 Å². The van der Waals surface area contributed by atoms with E-state index in [2.05, 4.69) is 97.0 Å². The van der Waals surface area contributed by atoms with Crippen LogP contribution >= 0.6 is 0 Å². The fraction of sp³-hybridized carbons (Fsp3) is 0.583. The van der Waals surface area contributed by atoms with Crippen LogP contribution in [0, 0.1) is 34.6 Å². The van der Waals surface area contributed by atoms with E-state index >= 15 is 0 Å². The van der Waals surface area contributed by atoms with Gasteiger partial charge >= 0.3 is 26.2 Å². The van der Waals surface area contributed by atoms with Crippen LogP contribution in [0.25, 0.3) is 0 Å². The van der Waals surface area contributed by atoms with E-state index in [1.165, 1.54) is 129 Å². The van der Waals surface area contributed by atoms with Crippen molar-refractivity contribution < 1.29 is 51.0 Å². The maximum atomic E-state index is 2.27. The van der Waals surface area contributed by atoms with Crippen molar-refractivity contribution in [3.8, 4) is 0 Å². The molecule has 39 heavy (non-hydrogen) atoms. The number of halogens is 2. The van der Waals surface area contributed by atoms with Gasteiger partial charge in [0, 0.05) is 0 Å². The molecule has 0 unspecified atom stereocenters. The molecule has 0 aliphatic carbocycles. The molecule has 0 saturated carbocycles. The van der Waals surface area contributed by atoms with E-state index in [-0.39, 0.29) is 51.0 Å². The summed E-state index contributed by atoms with van der Waals surface area (Å²) >= 11 is 0. The van der Waals surface area contributed by atoms with E-state index in [1.54, 1.807) is 0 Å². The average Bonchev–Trinajstić information content (AvgIpc) is 3.64. The Morgan fingerprint density at radius 2 is 0.769 bits per heavy atom. The first-order chi connectivity index (χ1) is 17.4. The Morgan fingerprint density at radius 3 is 1.03 bits per heavy atom. The minimum Gasteiger partial charge on any atom is -1.00 e. The summed E-state index contributed by atoms with van der Waals surface area (Å²) in [5.74, 6) is 0. The molecule has 0 radical (unpaired) electrons. The van der Waals surface area contributed by atoms with Crippen molar-refractivity contribution in [3.63, 3.8) is 0 Å². The first-order valence-electron chi connectivity index (χ1n) is 15.0. The second kappa shape index (κ2) is 27.7. The Kier molecular flexibility index (Phi) is 30.5. The molecule has 0 N–H and O–H groups in total. The maximum Gasteiger partial charge on any atom is 2.00 e. The van der Waals surface area contributed by atoms with E-state index < -0.39 is 0 Å². The van der Waals surface area contributed by atoms with Crippen LogP contribution in [0.2, 0.25) is 0 Å². The molecule has 0 aliphatic heterocycles. The maximum absolute atomic E-state index is 2.27. The molecule has 3 rings (SSSR count). The summed E-state index contributed by atoms with van der Waals surface area (Å²) in [5.41, 5.74) is 10.4. The van der Waals surface area contributed by atoms with Crippen LogP contribution < -0.4 is 24.8 Å². The first kappa shape index (κ1) is 43.0. The van der Waals surface area contributed by atoms with Crippen molar-refractivity contribution in [3.05, 3.63) is 87.5 Å². The summed E-state index contributed by atoms with van der Waals surface area (Å²) in [5, 5.41) is 0. The predicted molar refractivity (Wildman–Crippen MR) is 164 cm³/mol. The van der Waals surface area contributed by atoms with Gasteiger partial charge in [-0.25, -0.2) is 24.3 Å². The quantitative estimate of drug-likeness (QED) is 0.158. The van der Waals surface area contributed by atoms with E-state index in [9.17, 15) is 0 Å². The molecule has 0 nitrogen and oxygen atoms in total. The molecule has 0 aromatic heterocycles. The van der Waals surface area contributed by atoms with Gasteiger partial charge in [0.2, 0.25) is 0 Å². The van der Waals surface area contributed by atoms with E-state index in [0.29, 0.717) is 0 Å². The molecule has 222 valence electrons. The molecule has 0 amide bonds. The van der Waals surface area contributed by atoms with Gasteiger partial charge in [0.1, 0.15) is 0 Å². The SMILES string of the molecule is CCCCCCCC[c-]1cccc1.CCCCCCCC[c-]1cccc1.Cc1c(C)c(C)[c-](C)c1C.[Cl-].[Cl-].[Zr+2]. The van der Waals surface area contributed by atoms with Crippen LogP contribution in [-0.4, -0.2) is 0 Å². The smallest absolute Gasteiger partial charge is 1.00 e.